The van der Waals surface area contributed by atoms with Gasteiger partial charge in [-0.25, -0.2) is 4.39 Å². The molecule has 1 nitrogen and oxygen atoms in total. The zero-order valence-corrected chi connectivity index (χ0v) is 13.2. The number of nitrogens with one attached hydrogen (secondary N) is 1. The molecule has 3 heteroatoms. The van der Waals surface area contributed by atoms with E-state index in [1.165, 1.54) is 17.7 Å². The van der Waals surface area contributed by atoms with Crippen LogP contribution in [0, 0.1) is 11.7 Å². The first-order valence-electron chi connectivity index (χ1n) is 6.81. The third kappa shape index (κ3) is 4.43. The molecule has 0 saturated carbocycles. The first-order valence-corrected chi connectivity index (χ1v) is 7.61. The largest absolute Gasteiger partial charge is 0.319 e. The minimum atomic E-state index is -0.200. The molecule has 0 spiro atoms. The molecule has 0 radical (unpaired) electrons. The molecule has 2 aromatic rings. The highest BCUT2D eigenvalue weighted by molar-refractivity contribution is 9.10. The van der Waals surface area contributed by atoms with Crippen LogP contribution in [0.3, 0.4) is 0 Å². The van der Waals surface area contributed by atoms with Gasteiger partial charge in [-0.3, -0.25) is 0 Å². The molecule has 106 valence electrons. The summed E-state index contributed by atoms with van der Waals surface area (Å²) in [5, 5.41) is 3.25. The maximum atomic E-state index is 13.1. The summed E-state index contributed by atoms with van der Waals surface area (Å²) in [6.07, 6.45) is 1.95. The molecule has 0 bridgehead atoms. The van der Waals surface area contributed by atoms with E-state index in [2.05, 4.69) is 45.5 Å². The van der Waals surface area contributed by atoms with Crippen LogP contribution in [-0.4, -0.2) is 13.6 Å². The third-order valence-corrected chi connectivity index (χ3v) is 4.12. The van der Waals surface area contributed by atoms with Crippen molar-refractivity contribution < 1.29 is 4.39 Å². The average Bonchev–Trinajstić information content (AvgIpc) is 2.43. The van der Waals surface area contributed by atoms with Gasteiger partial charge in [-0.1, -0.05) is 52.3 Å². The Hall–Kier alpha value is -1.19. The molecule has 0 fully saturated rings. The van der Waals surface area contributed by atoms with Gasteiger partial charge in [-0.05, 0) is 55.6 Å². The zero-order valence-electron chi connectivity index (χ0n) is 11.6. The monoisotopic (exact) mass is 335 g/mol. The first-order chi connectivity index (χ1) is 9.69. The van der Waals surface area contributed by atoms with Gasteiger partial charge < -0.3 is 5.32 Å². The summed E-state index contributed by atoms with van der Waals surface area (Å²) in [6.45, 7) is 0.943. The summed E-state index contributed by atoms with van der Waals surface area (Å²) in [5.74, 6) is 0.290. The Labute approximate surface area is 128 Å². The standard InChI is InChI=1S/C17H19BrFN/c1-20-12-14(9-13-5-3-2-4-6-13)10-15-7-8-16(19)11-17(15)18/h2-8,11,14,20H,9-10,12H2,1H3. The second-order valence-electron chi connectivity index (χ2n) is 5.05. The van der Waals surface area contributed by atoms with Crippen molar-refractivity contribution in [2.75, 3.05) is 13.6 Å². The maximum Gasteiger partial charge on any atom is 0.124 e. The molecule has 1 unspecified atom stereocenters. The summed E-state index contributed by atoms with van der Waals surface area (Å²) in [5.41, 5.74) is 2.49. The minimum absolute atomic E-state index is 0.200. The summed E-state index contributed by atoms with van der Waals surface area (Å²) >= 11 is 3.45. The summed E-state index contributed by atoms with van der Waals surface area (Å²) in [6, 6.07) is 15.4. The number of hydrogen-bond donors (Lipinski definition) is 1. The molecule has 0 aromatic heterocycles. The van der Waals surface area contributed by atoms with Crippen molar-refractivity contribution in [2.24, 2.45) is 5.92 Å². The number of hydrogen-bond acceptors (Lipinski definition) is 1. The van der Waals surface area contributed by atoms with Gasteiger partial charge in [0.15, 0.2) is 0 Å². The van der Waals surface area contributed by atoms with E-state index in [-0.39, 0.29) is 5.82 Å². The molecule has 0 aliphatic carbocycles. The smallest absolute Gasteiger partial charge is 0.124 e. The second kappa shape index (κ2) is 7.55. The third-order valence-electron chi connectivity index (χ3n) is 3.38. The molecule has 0 saturated heterocycles. The van der Waals surface area contributed by atoms with Gasteiger partial charge in [0.05, 0.1) is 0 Å². The maximum absolute atomic E-state index is 13.1. The Morgan fingerprint density at radius 2 is 1.85 bits per heavy atom. The normalized spacial score (nSPS) is 12.3. The summed E-state index contributed by atoms with van der Waals surface area (Å²) in [4.78, 5) is 0. The fourth-order valence-corrected chi connectivity index (χ4v) is 2.96. The molecule has 0 aliphatic heterocycles. The van der Waals surface area contributed by atoms with Crippen LogP contribution in [-0.2, 0) is 12.8 Å². The predicted molar refractivity (Wildman–Crippen MR) is 85.4 cm³/mol. The van der Waals surface area contributed by atoms with Gasteiger partial charge >= 0.3 is 0 Å². The molecule has 2 rings (SSSR count). The zero-order chi connectivity index (χ0) is 14.4. The van der Waals surface area contributed by atoms with E-state index in [4.69, 9.17) is 0 Å². The summed E-state index contributed by atoms with van der Waals surface area (Å²) < 4.78 is 14.0. The highest BCUT2D eigenvalue weighted by Crippen LogP contribution is 2.22. The Bertz CT molecular complexity index is 542. The van der Waals surface area contributed by atoms with Gasteiger partial charge in [-0.2, -0.15) is 0 Å². The van der Waals surface area contributed by atoms with Crippen LogP contribution in [0.1, 0.15) is 11.1 Å². The van der Waals surface area contributed by atoms with E-state index in [1.807, 2.05) is 19.2 Å². The van der Waals surface area contributed by atoms with Gasteiger partial charge in [0.25, 0.3) is 0 Å². The van der Waals surface area contributed by atoms with Crippen molar-refractivity contribution in [3.05, 3.63) is 69.9 Å². The van der Waals surface area contributed by atoms with Crippen LogP contribution >= 0.6 is 15.9 Å². The topological polar surface area (TPSA) is 12.0 Å². The molecule has 0 aliphatic rings. The van der Waals surface area contributed by atoms with Crippen molar-refractivity contribution in [1.82, 2.24) is 5.32 Å². The van der Waals surface area contributed by atoms with Gasteiger partial charge in [0.1, 0.15) is 5.82 Å². The number of benzene rings is 2. The molecule has 0 amide bonds. The number of rotatable bonds is 6. The van der Waals surface area contributed by atoms with Crippen LogP contribution in [0.25, 0.3) is 0 Å². The lowest BCUT2D eigenvalue weighted by atomic mass is 9.92. The van der Waals surface area contributed by atoms with E-state index >= 15 is 0 Å². The minimum Gasteiger partial charge on any atom is -0.319 e. The molecule has 20 heavy (non-hydrogen) atoms. The predicted octanol–water partition coefficient (Wildman–Crippen LogP) is 4.21. The Balaban J connectivity index is 2.09. The summed E-state index contributed by atoms with van der Waals surface area (Å²) in [7, 11) is 1.97. The average molecular weight is 336 g/mol. The molecule has 2 aromatic carbocycles. The highest BCUT2D eigenvalue weighted by atomic mass is 79.9. The van der Waals surface area contributed by atoms with Crippen LogP contribution < -0.4 is 5.32 Å². The molecule has 0 heterocycles. The highest BCUT2D eigenvalue weighted by Gasteiger charge is 2.12. The van der Waals surface area contributed by atoms with Crippen molar-refractivity contribution >= 4 is 15.9 Å². The van der Waals surface area contributed by atoms with Gasteiger partial charge in [-0.15, -0.1) is 0 Å². The second-order valence-corrected chi connectivity index (χ2v) is 5.91. The van der Waals surface area contributed by atoms with Crippen LogP contribution in [0.4, 0.5) is 4.39 Å². The van der Waals surface area contributed by atoms with E-state index in [0.717, 1.165) is 29.4 Å². The lowest BCUT2D eigenvalue weighted by Gasteiger charge is -2.17. The van der Waals surface area contributed by atoms with Gasteiger partial charge in [0, 0.05) is 4.47 Å². The van der Waals surface area contributed by atoms with Crippen molar-refractivity contribution in [3.63, 3.8) is 0 Å². The van der Waals surface area contributed by atoms with E-state index in [9.17, 15) is 4.39 Å². The molecule has 1 N–H and O–H groups in total. The fourth-order valence-electron chi connectivity index (χ4n) is 2.45. The number of halogens is 2. The molecule has 1 atom stereocenters. The molecular formula is C17H19BrFN. The van der Waals surface area contributed by atoms with Crippen molar-refractivity contribution in [2.45, 2.75) is 12.8 Å². The quantitative estimate of drug-likeness (QED) is 0.833. The molecular weight excluding hydrogens is 317 g/mol. The van der Waals surface area contributed by atoms with Gasteiger partial charge in [0.2, 0.25) is 0 Å². The van der Waals surface area contributed by atoms with Crippen molar-refractivity contribution in [3.8, 4) is 0 Å². The van der Waals surface area contributed by atoms with E-state index in [0.29, 0.717) is 5.92 Å². The van der Waals surface area contributed by atoms with E-state index in [1.54, 1.807) is 0 Å². The SMILES string of the molecule is CNCC(Cc1ccccc1)Cc1ccc(F)cc1Br. The van der Waals surface area contributed by atoms with E-state index < -0.39 is 0 Å². The van der Waals surface area contributed by atoms with Crippen LogP contribution in [0.5, 0.6) is 0 Å². The van der Waals surface area contributed by atoms with Crippen molar-refractivity contribution in [1.29, 1.82) is 0 Å². The van der Waals surface area contributed by atoms with Crippen LogP contribution in [0.15, 0.2) is 53.0 Å². The lowest BCUT2D eigenvalue weighted by molar-refractivity contribution is 0.492. The Morgan fingerprint density at radius 3 is 2.50 bits per heavy atom. The first kappa shape index (κ1) is 15.2. The Kier molecular flexibility index (Phi) is 5.74. The Morgan fingerprint density at radius 1 is 1.10 bits per heavy atom. The lowest BCUT2D eigenvalue weighted by Crippen LogP contribution is -2.23. The van der Waals surface area contributed by atoms with Crippen LogP contribution in [0.2, 0.25) is 0 Å². The fraction of sp³-hybridized carbons (Fsp3) is 0.294.